The highest BCUT2D eigenvalue weighted by atomic mass is 35.5. The van der Waals surface area contributed by atoms with E-state index >= 15 is 0 Å². The second-order valence-corrected chi connectivity index (χ2v) is 6.94. The van der Waals surface area contributed by atoms with Gasteiger partial charge in [0.15, 0.2) is 0 Å². The van der Waals surface area contributed by atoms with Crippen molar-refractivity contribution in [2.45, 2.75) is 38.1 Å². The van der Waals surface area contributed by atoms with Gasteiger partial charge in [0.05, 0.1) is 5.54 Å². The first-order chi connectivity index (χ1) is 8.65. The van der Waals surface area contributed by atoms with E-state index in [1.54, 1.807) is 0 Å². The van der Waals surface area contributed by atoms with Crippen molar-refractivity contribution in [2.24, 2.45) is 29.6 Å². The molecule has 2 nitrogen and oxygen atoms in total. The Morgan fingerprint density at radius 3 is 2.22 bits per heavy atom. The van der Waals surface area contributed by atoms with Gasteiger partial charge in [0.25, 0.3) is 0 Å². The number of carbonyl (C=O) groups excluding carboxylic acids is 1. The molecule has 102 valence electrons. The molecule has 1 N–H and O–H groups in total. The van der Waals surface area contributed by atoms with Crippen molar-refractivity contribution in [1.82, 2.24) is 5.32 Å². The van der Waals surface area contributed by atoms with Crippen molar-refractivity contribution in [1.29, 1.82) is 0 Å². The summed E-state index contributed by atoms with van der Waals surface area (Å²) in [5.74, 6) is 4.31. The van der Waals surface area contributed by atoms with Crippen molar-refractivity contribution in [3.05, 3.63) is 0 Å². The highest BCUT2D eigenvalue weighted by Gasteiger charge is 2.67. The Balaban J connectivity index is 1.64. The zero-order chi connectivity index (χ0) is 12.9. The van der Waals surface area contributed by atoms with Crippen molar-refractivity contribution in [3.63, 3.8) is 0 Å². The fraction of sp³-hybridized carbons (Fsp3) is 0.929. The Kier molecular flexibility index (Phi) is 3.30. The van der Waals surface area contributed by atoms with Gasteiger partial charge >= 0.3 is 0 Å². The van der Waals surface area contributed by atoms with Crippen LogP contribution in [0.25, 0.3) is 0 Å². The summed E-state index contributed by atoms with van der Waals surface area (Å²) in [5, 5.41) is 3.14. The van der Waals surface area contributed by atoms with E-state index < -0.39 is 5.54 Å². The molecule has 18 heavy (non-hydrogen) atoms. The molecule has 3 aliphatic carbocycles. The van der Waals surface area contributed by atoms with E-state index in [0.29, 0.717) is 23.6 Å². The first kappa shape index (κ1) is 13.1. The number of hydrogen-bond acceptors (Lipinski definition) is 1. The van der Waals surface area contributed by atoms with Crippen LogP contribution in [0.15, 0.2) is 0 Å². The maximum absolute atomic E-state index is 12.4. The molecular weight excluding hydrogens is 269 g/mol. The second kappa shape index (κ2) is 4.56. The lowest BCUT2D eigenvalue weighted by Crippen LogP contribution is -2.52. The quantitative estimate of drug-likeness (QED) is 0.775. The van der Waals surface area contributed by atoms with E-state index in [-0.39, 0.29) is 11.8 Å². The van der Waals surface area contributed by atoms with Crippen LogP contribution in [0, 0.1) is 29.6 Å². The molecule has 0 aliphatic heterocycles. The number of nitrogens with one attached hydrogen (secondary N) is 1. The number of halogens is 2. The van der Waals surface area contributed by atoms with E-state index in [4.69, 9.17) is 23.2 Å². The molecule has 0 radical (unpaired) electrons. The van der Waals surface area contributed by atoms with Gasteiger partial charge in [0.2, 0.25) is 5.91 Å². The average molecular weight is 290 g/mol. The van der Waals surface area contributed by atoms with E-state index in [0.717, 1.165) is 18.3 Å². The average Bonchev–Trinajstić information content (AvgIpc) is 2.85. The molecule has 3 fully saturated rings. The number of amides is 1. The van der Waals surface area contributed by atoms with E-state index in [1.807, 2.05) is 6.92 Å². The molecule has 4 atom stereocenters. The fourth-order valence-electron chi connectivity index (χ4n) is 4.40. The minimum absolute atomic E-state index is 0.213. The van der Waals surface area contributed by atoms with Crippen molar-refractivity contribution in [2.75, 3.05) is 11.8 Å². The third-order valence-corrected chi connectivity index (χ3v) is 6.64. The largest absolute Gasteiger partial charge is 0.348 e. The van der Waals surface area contributed by atoms with Gasteiger partial charge in [-0.05, 0) is 49.4 Å². The molecule has 0 spiro atoms. The highest BCUT2D eigenvalue weighted by Crippen LogP contribution is 2.69. The van der Waals surface area contributed by atoms with Gasteiger partial charge in [0.1, 0.15) is 0 Å². The van der Waals surface area contributed by atoms with Crippen molar-refractivity contribution in [3.8, 4) is 0 Å². The SMILES string of the molecule is CCC(CCl)(CCl)NC(=O)C1C2C3CCC(C3)C12. The normalized spacial score (nSPS) is 40.7. The molecule has 4 unspecified atom stereocenters. The van der Waals surface area contributed by atoms with Crippen LogP contribution in [-0.2, 0) is 4.79 Å². The molecule has 1 amide bonds. The van der Waals surface area contributed by atoms with E-state index in [2.05, 4.69) is 5.32 Å². The summed E-state index contributed by atoms with van der Waals surface area (Å²) in [6.45, 7) is 2.03. The Morgan fingerprint density at radius 2 is 1.78 bits per heavy atom. The van der Waals surface area contributed by atoms with Gasteiger partial charge in [0, 0.05) is 17.7 Å². The lowest BCUT2D eigenvalue weighted by atomic mass is 9.98. The van der Waals surface area contributed by atoms with Gasteiger partial charge < -0.3 is 5.32 Å². The first-order valence-corrected chi connectivity index (χ1v) is 8.16. The Morgan fingerprint density at radius 1 is 1.22 bits per heavy atom. The monoisotopic (exact) mass is 289 g/mol. The van der Waals surface area contributed by atoms with Crippen LogP contribution in [0.3, 0.4) is 0 Å². The Labute approximate surface area is 119 Å². The van der Waals surface area contributed by atoms with Crippen LogP contribution in [-0.4, -0.2) is 23.2 Å². The summed E-state index contributed by atoms with van der Waals surface area (Å²) in [6, 6.07) is 0. The summed E-state index contributed by atoms with van der Waals surface area (Å²) in [6.07, 6.45) is 4.86. The minimum Gasteiger partial charge on any atom is -0.348 e. The second-order valence-electron chi connectivity index (χ2n) is 6.40. The fourth-order valence-corrected chi connectivity index (χ4v) is 5.20. The van der Waals surface area contributed by atoms with Gasteiger partial charge in [-0.25, -0.2) is 0 Å². The van der Waals surface area contributed by atoms with Crippen LogP contribution in [0.2, 0.25) is 0 Å². The molecular formula is C14H21Cl2NO. The van der Waals surface area contributed by atoms with Gasteiger partial charge in [-0.1, -0.05) is 6.92 Å². The predicted molar refractivity (Wildman–Crippen MR) is 73.9 cm³/mol. The summed E-state index contributed by atoms with van der Waals surface area (Å²) in [5.41, 5.74) is -0.407. The van der Waals surface area contributed by atoms with Gasteiger partial charge in [-0.15, -0.1) is 23.2 Å². The molecule has 0 heterocycles. The lowest BCUT2D eigenvalue weighted by molar-refractivity contribution is -0.124. The first-order valence-electron chi connectivity index (χ1n) is 7.09. The van der Waals surface area contributed by atoms with E-state index in [9.17, 15) is 4.79 Å². The van der Waals surface area contributed by atoms with Crippen molar-refractivity contribution >= 4 is 29.1 Å². The highest BCUT2D eigenvalue weighted by molar-refractivity contribution is 6.22. The van der Waals surface area contributed by atoms with E-state index in [1.165, 1.54) is 19.3 Å². The van der Waals surface area contributed by atoms with Gasteiger partial charge in [-0.3, -0.25) is 4.79 Å². The summed E-state index contributed by atoms with van der Waals surface area (Å²) >= 11 is 12.0. The Bertz CT molecular complexity index is 331. The maximum Gasteiger partial charge on any atom is 0.224 e. The van der Waals surface area contributed by atoms with Gasteiger partial charge in [-0.2, -0.15) is 0 Å². The molecule has 3 rings (SSSR count). The minimum atomic E-state index is -0.407. The molecule has 0 saturated heterocycles. The zero-order valence-electron chi connectivity index (χ0n) is 10.8. The smallest absolute Gasteiger partial charge is 0.224 e. The molecule has 4 heteroatoms. The van der Waals surface area contributed by atoms with Crippen LogP contribution in [0.5, 0.6) is 0 Å². The molecule has 2 bridgehead atoms. The molecule has 0 aromatic heterocycles. The third-order valence-electron chi connectivity index (χ3n) is 5.61. The Hall–Kier alpha value is 0.0500. The number of rotatable bonds is 5. The standard InChI is InChI=1S/C14H21Cl2NO/c1-2-14(6-15,7-16)17-13(18)12-10-8-3-4-9(5-8)11(10)12/h8-12H,2-7H2,1H3,(H,17,18). The van der Waals surface area contributed by atoms with Crippen molar-refractivity contribution < 1.29 is 4.79 Å². The molecule has 3 aliphatic rings. The zero-order valence-corrected chi connectivity index (χ0v) is 12.3. The van der Waals surface area contributed by atoms with Crippen LogP contribution >= 0.6 is 23.2 Å². The molecule has 0 aromatic carbocycles. The van der Waals surface area contributed by atoms with Crippen LogP contribution in [0.1, 0.15) is 32.6 Å². The predicted octanol–water partition coefficient (Wildman–Crippen LogP) is 3.02. The summed E-state index contributed by atoms with van der Waals surface area (Å²) in [4.78, 5) is 12.4. The maximum atomic E-state index is 12.4. The van der Waals surface area contributed by atoms with Crippen LogP contribution < -0.4 is 5.32 Å². The molecule has 0 aromatic rings. The summed E-state index contributed by atoms with van der Waals surface area (Å²) in [7, 11) is 0. The number of carbonyl (C=O) groups is 1. The number of hydrogen-bond donors (Lipinski definition) is 1. The topological polar surface area (TPSA) is 29.1 Å². The number of fused-ring (bicyclic) bond motifs is 5. The van der Waals surface area contributed by atoms with Crippen LogP contribution in [0.4, 0.5) is 0 Å². The third kappa shape index (κ3) is 1.79. The summed E-state index contributed by atoms with van der Waals surface area (Å²) < 4.78 is 0. The lowest BCUT2D eigenvalue weighted by Gasteiger charge is -2.30. The molecule has 3 saturated carbocycles. The number of alkyl halides is 2.